The molecule has 7 heteroatoms. The van der Waals surface area contributed by atoms with Crippen LogP contribution in [0.4, 0.5) is 19.0 Å². The lowest BCUT2D eigenvalue weighted by Gasteiger charge is -2.23. The Bertz CT molecular complexity index is 343. The fourth-order valence-electron chi connectivity index (χ4n) is 1.18. The first-order valence-corrected chi connectivity index (χ1v) is 5.18. The van der Waals surface area contributed by atoms with Gasteiger partial charge in [-0.05, 0) is 6.92 Å². The molecule has 16 heavy (non-hydrogen) atoms. The van der Waals surface area contributed by atoms with Crippen LogP contribution < -0.4 is 4.90 Å². The van der Waals surface area contributed by atoms with E-state index in [9.17, 15) is 13.2 Å². The van der Waals surface area contributed by atoms with Gasteiger partial charge in [-0.2, -0.15) is 13.2 Å². The maximum atomic E-state index is 12.2. The molecule has 0 saturated heterocycles. The highest BCUT2D eigenvalue weighted by atomic mass is 35.5. The maximum Gasteiger partial charge on any atom is 0.405 e. The van der Waals surface area contributed by atoms with Crippen LogP contribution >= 0.6 is 11.6 Å². The molecule has 0 aliphatic heterocycles. The lowest BCUT2D eigenvalue weighted by Crippen LogP contribution is -2.34. The molecule has 0 aliphatic rings. The molecule has 90 valence electrons. The van der Waals surface area contributed by atoms with Gasteiger partial charge in [-0.3, -0.25) is 4.98 Å². The molecule has 3 nitrogen and oxygen atoms in total. The normalized spacial score (nSPS) is 11.6. The minimum Gasteiger partial charge on any atom is -0.347 e. The molecule has 0 atom stereocenters. The van der Waals surface area contributed by atoms with Gasteiger partial charge in [0.25, 0.3) is 0 Å². The third-order valence-corrected chi connectivity index (χ3v) is 2.16. The summed E-state index contributed by atoms with van der Waals surface area (Å²) in [6.07, 6.45) is -1.53. The van der Waals surface area contributed by atoms with Gasteiger partial charge in [-0.15, -0.1) is 11.6 Å². The topological polar surface area (TPSA) is 29.0 Å². The van der Waals surface area contributed by atoms with Gasteiger partial charge in [0.1, 0.15) is 12.4 Å². The second kappa shape index (κ2) is 5.34. The van der Waals surface area contributed by atoms with Gasteiger partial charge in [-0.1, -0.05) is 0 Å². The van der Waals surface area contributed by atoms with E-state index in [2.05, 4.69) is 9.97 Å². The first-order valence-electron chi connectivity index (χ1n) is 4.65. The zero-order valence-corrected chi connectivity index (χ0v) is 9.39. The Kier molecular flexibility index (Phi) is 4.35. The Morgan fingerprint density at radius 3 is 2.56 bits per heavy atom. The molecule has 0 aliphatic carbocycles. The average molecular weight is 254 g/mol. The number of anilines is 1. The third-order valence-electron chi connectivity index (χ3n) is 1.88. The second-order valence-electron chi connectivity index (χ2n) is 3.13. The van der Waals surface area contributed by atoms with Crippen LogP contribution in [0.3, 0.4) is 0 Å². The minimum absolute atomic E-state index is 0.129. The predicted molar refractivity (Wildman–Crippen MR) is 55.5 cm³/mol. The van der Waals surface area contributed by atoms with Crippen LogP contribution in [0.25, 0.3) is 0 Å². The fourth-order valence-corrected chi connectivity index (χ4v) is 1.31. The van der Waals surface area contributed by atoms with Gasteiger partial charge in [0, 0.05) is 12.7 Å². The summed E-state index contributed by atoms with van der Waals surface area (Å²) >= 11 is 5.54. The number of nitrogens with zero attached hydrogens (tertiary/aromatic N) is 3. The van der Waals surface area contributed by atoms with E-state index < -0.39 is 12.7 Å². The molecule has 1 heterocycles. The molecule has 0 fully saturated rings. The molecule has 0 bridgehead atoms. The van der Waals surface area contributed by atoms with Crippen LogP contribution in [0.15, 0.2) is 12.4 Å². The van der Waals surface area contributed by atoms with E-state index in [4.69, 9.17) is 11.6 Å². The van der Waals surface area contributed by atoms with Crippen LogP contribution in [-0.2, 0) is 5.88 Å². The van der Waals surface area contributed by atoms with E-state index >= 15 is 0 Å². The van der Waals surface area contributed by atoms with Crippen molar-refractivity contribution in [3.8, 4) is 0 Å². The molecule has 1 aromatic rings. The van der Waals surface area contributed by atoms with Crippen molar-refractivity contribution < 1.29 is 13.2 Å². The molecule has 1 aromatic heterocycles. The van der Waals surface area contributed by atoms with Gasteiger partial charge in [0.05, 0.1) is 17.8 Å². The standard InChI is InChI=1S/C9H11ClF3N3/c1-2-16(6-9(11,12)13)8-5-14-4-7(3-10)15-8/h4-5H,2-3,6H2,1H3. The van der Waals surface area contributed by atoms with E-state index in [1.807, 2.05) is 0 Å². The van der Waals surface area contributed by atoms with Crippen molar-refractivity contribution in [1.82, 2.24) is 9.97 Å². The molecule has 0 unspecified atom stereocenters. The smallest absolute Gasteiger partial charge is 0.347 e. The number of halogens is 4. The summed E-state index contributed by atoms with van der Waals surface area (Å²) in [4.78, 5) is 8.88. The van der Waals surface area contributed by atoms with Gasteiger partial charge < -0.3 is 4.90 Å². The summed E-state index contributed by atoms with van der Waals surface area (Å²) in [7, 11) is 0. The highest BCUT2D eigenvalue weighted by molar-refractivity contribution is 6.16. The van der Waals surface area contributed by atoms with Crippen LogP contribution in [0.1, 0.15) is 12.6 Å². The molecule has 0 amide bonds. The monoisotopic (exact) mass is 253 g/mol. The number of alkyl halides is 4. The van der Waals surface area contributed by atoms with Crippen molar-refractivity contribution in [1.29, 1.82) is 0 Å². The largest absolute Gasteiger partial charge is 0.405 e. The Hall–Kier alpha value is -1.04. The van der Waals surface area contributed by atoms with Gasteiger partial charge in [0.15, 0.2) is 0 Å². The third kappa shape index (κ3) is 3.84. The van der Waals surface area contributed by atoms with E-state index in [0.29, 0.717) is 5.69 Å². The molecule has 0 N–H and O–H groups in total. The lowest BCUT2D eigenvalue weighted by atomic mass is 10.4. The zero-order valence-electron chi connectivity index (χ0n) is 8.63. The van der Waals surface area contributed by atoms with Crippen LogP contribution in [-0.4, -0.2) is 29.2 Å². The van der Waals surface area contributed by atoms with E-state index in [1.165, 1.54) is 12.4 Å². The summed E-state index contributed by atoms with van der Waals surface area (Å²) < 4.78 is 36.7. The second-order valence-corrected chi connectivity index (χ2v) is 3.40. The maximum absolute atomic E-state index is 12.2. The van der Waals surface area contributed by atoms with Gasteiger partial charge in [-0.25, -0.2) is 4.98 Å². The number of hydrogen-bond acceptors (Lipinski definition) is 3. The molecular formula is C9H11ClF3N3. The quantitative estimate of drug-likeness (QED) is 0.773. The van der Waals surface area contributed by atoms with Crippen LogP contribution in [0.2, 0.25) is 0 Å². The predicted octanol–water partition coefficient (Wildman–Crippen LogP) is 2.60. The zero-order chi connectivity index (χ0) is 12.2. The molecular weight excluding hydrogens is 243 g/mol. The Morgan fingerprint density at radius 2 is 2.06 bits per heavy atom. The van der Waals surface area contributed by atoms with Crippen molar-refractivity contribution >= 4 is 17.4 Å². The molecule has 0 aromatic carbocycles. The first kappa shape index (κ1) is 13.0. The van der Waals surface area contributed by atoms with Crippen molar-refractivity contribution in [2.45, 2.75) is 19.0 Å². The van der Waals surface area contributed by atoms with Gasteiger partial charge in [0.2, 0.25) is 0 Å². The van der Waals surface area contributed by atoms with Crippen molar-refractivity contribution in [3.05, 3.63) is 18.1 Å². The Morgan fingerprint density at radius 1 is 1.38 bits per heavy atom. The van der Waals surface area contributed by atoms with E-state index in [1.54, 1.807) is 6.92 Å². The number of hydrogen-bond donors (Lipinski definition) is 0. The molecule has 0 spiro atoms. The highest BCUT2D eigenvalue weighted by Gasteiger charge is 2.30. The average Bonchev–Trinajstić information content (AvgIpc) is 2.25. The van der Waals surface area contributed by atoms with Crippen LogP contribution in [0, 0.1) is 0 Å². The minimum atomic E-state index is -4.26. The van der Waals surface area contributed by atoms with E-state index in [0.717, 1.165) is 4.90 Å². The Labute approximate surface area is 96.3 Å². The summed E-state index contributed by atoms with van der Waals surface area (Å²) in [5, 5.41) is 0. The Balaban J connectivity index is 2.86. The van der Waals surface area contributed by atoms with Crippen molar-refractivity contribution in [2.24, 2.45) is 0 Å². The summed E-state index contributed by atoms with van der Waals surface area (Å²) in [5.41, 5.74) is 0.458. The van der Waals surface area contributed by atoms with Crippen molar-refractivity contribution in [3.63, 3.8) is 0 Å². The lowest BCUT2D eigenvalue weighted by molar-refractivity contribution is -0.119. The van der Waals surface area contributed by atoms with E-state index in [-0.39, 0.29) is 18.2 Å². The molecule has 0 radical (unpaired) electrons. The van der Waals surface area contributed by atoms with Gasteiger partial charge >= 0.3 is 6.18 Å². The molecule has 0 saturated carbocycles. The molecule has 1 rings (SSSR count). The first-order chi connectivity index (χ1) is 7.46. The SMILES string of the molecule is CCN(CC(F)(F)F)c1cncc(CCl)n1. The number of rotatable bonds is 4. The highest BCUT2D eigenvalue weighted by Crippen LogP contribution is 2.20. The number of aromatic nitrogens is 2. The summed E-state index contributed by atoms with van der Waals surface area (Å²) in [5.74, 6) is 0.322. The van der Waals surface area contributed by atoms with Crippen LogP contribution in [0.5, 0.6) is 0 Å². The fraction of sp³-hybridized carbons (Fsp3) is 0.556. The van der Waals surface area contributed by atoms with Crippen molar-refractivity contribution in [2.75, 3.05) is 18.0 Å². The summed E-state index contributed by atoms with van der Waals surface area (Å²) in [6.45, 7) is 0.796. The summed E-state index contributed by atoms with van der Waals surface area (Å²) in [6, 6.07) is 0.